The van der Waals surface area contributed by atoms with Gasteiger partial charge in [0.15, 0.2) is 5.82 Å². The van der Waals surface area contributed by atoms with Crippen molar-refractivity contribution in [2.24, 2.45) is 5.73 Å². The number of nitro benzene ring substituents is 1. The quantitative estimate of drug-likeness (QED) is 0.328. The van der Waals surface area contributed by atoms with Crippen LogP contribution in [0.5, 0.6) is 0 Å². The first-order valence-electron chi connectivity index (χ1n) is 11.2. The van der Waals surface area contributed by atoms with E-state index in [1.807, 2.05) is 0 Å². The second kappa shape index (κ2) is 9.71. The number of carbonyl (C=O) groups excluding carboxylic acids is 4. The van der Waals surface area contributed by atoms with Crippen LogP contribution in [0.2, 0.25) is 0 Å². The molecular weight excluding hydrogens is 488 g/mol. The van der Waals surface area contributed by atoms with Crippen molar-refractivity contribution in [3.8, 4) is 0 Å². The van der Waals surface area contributed by atoms with Crippen LogP contribution in [0.1, 0.15) is 72.7 Å². The molecule has 13 nitrogen and oxygen atoms in total. The van der Waals surface area contributed by atoms with Gasteiger partial charge in [0, 0.05) is 17.5 Å². The Morgan fingerprint density at radius 1 is 0.865 bits per heavy atom. The summed E-state index contributed by atoms with van der Waals surface area (Å²) < 4.78 is 16.9. The van der Waals surface area contributed by atoms with E-state index in [4.69, 9.17) is 19.9 Å². The Balaban J connectivity index is 3.07. The number of imide groups is 1. The predicted octanol–water partition coefficient (Wildman–Crippen LogP) is 5.11. The summed E-state index contributed by atoms with van der Waals surface area (Å²) >= 11 is 0. The topological polar surface area (TPSA) is 173 Å². The minimum absolute atomic E-state index is 0.0453. The number of anilines is 1. The maximum atomic E-state index is 13.4. The van der Waals surface area contributed by atoms with Crippen molar-refractivity contribution in [2.75, 3.05) is 4.90 Å². The van der Waals surface area contributed by atoms with Gasteiger partial charge < -0.3 is 19.9 Å². The third kappa shape index (κ3) is 6.96. The molecule has 13 heteroatoms. The monoisotopic (exact) mass is 520 g/mol. The van der Waals surface area contributed by atoms with Gasteiger partial charge in [-0.2, -0.15) is 4.90 Å². The smallest absolute Gasteiger partial charge is 0.425 e. The summed E-state index contributed by atoms with van der Waals surface area (Å²) in [5, 5.41) is 11.4. The highest BCUT2D eigenvalue weighted by Gasteiger charge is 2.41. The number of fused-ring (bicyclic) bond motifs is 1. The van der Waals surface area contributed by atoms with E-state index in [0.29, 0.717) is 9.47 Å². The Bertz CT molecular complexity index is 1250. The molecule has 1 aromatic carbocycles. The Kier molecular flexibility index (Phi) is 7.63. The summed E-state index contributed by atoms with van der Waals surface area (Å²) in [5.74, 6) is -1.77. The van der Waals surface area contributed by atoms with E-state index >= 15 is 0 Å². The Hall–Kier alpha value is -4.16. The van der Waals surface area contributed by atoms with E-state index in [1.54, 1.807) is 62.3 Å². The highest BCUT2D eigenvalue weighted by Crippen LogP contribution is 2.37. The highest BCUT2D eigenvalue weighted by molar-refractivity contribution is 6.21. The number of rotatable bonds is 3. The van der Waals surface area contributed by atoms with Crippen molar-refractivity contribution in [1.82, 2.24) is 4.57 Å². The fourth-order valence-electron chi connectivity index (χ4n) is 3.19. The predicted molar refractivity (Wildman–Crippen MR) is 134 cm³/mol. The summed E-state index contributed by atoms with van der Waals surface area (Å²) in [5.41, 5.74) is 1.28. The number of primary amides is 1. The van der Waals surface area contributed by atoms with Crippen LogP contribution < -0.4 is 10.6 Å². The summed E-state index contributed by atoms with van der Waals surface area (Å²) in [7, 11) is 0. The molecule has 0 radical (unpaired) electrons. The van der Waals surface area contributed by atoms with E-state index in [1.165, 1.54) is 6.07 Å². The van der Waals surface area contributed by atoms with Crippen LogP contribution in [-0.4, -0.2) is 50.5 Å². The van der Waals surface area contributed by atoms with Gasteiger partial charge in [0.1, 0.15) is 16.8 Å². The lowest BCUT2D eigenvalue weighted by molar-refractivity contribution is -0.384. The van der Waals surface area contributed by atoms with Gasteiger partial charge in [0.2, 0.25) is 0 Å². The molecule has 202 valence electrons. The van der Waals surface area contributed by atoms with Gasteiger partial charge in [-0.25, -0.2) is 19.0 Å². The molecule has 0 unspecified atom stereocenters. The maximum Gasteiger partial charge on any atom is 0.425 e. The SMILES string of the molecule is CC(C)(C)OC(=O)N(C(=O)OC(C)(C)C)c1c(C(N)=O)c2ccc([N+](=O)[O-])cc2n1C(=O)OC(C)(C)C. The van der Waals surface area contributed by atoms with Gasteiger partial charge in [-0.3, -0.25) is 14.9 Å². The van der Waals surface area contributed by atoms with Gasteiger partial charge >= 0.3 is 18.3 Å². The lowest BCUT2D eigenvalue weighted by Gasteiger charge is -2.29. The summed E-state index contributed by atoms with van der Waals surface area (Å²) in [6, 6.07) is 3.27. The third-order valence-electron chi connectivity index (χ3n) is 4.32. The molecule has 0 atom stereocenters. The largest absolute Gasteiger partial charge is 0.443 e. The molecule has 1 aromatic heterocycles. The minimum atomic E-state index is -1.29. The van der Waals surface area contributed by atoms with Crippen molar-refractivity contribution in [1.29, 1.82) is 0 Å². The average Bonchev–Trinajstić information content (AvgIpc) is 2.97. The Morgan fingerprint density at radius 3 is 1.70 bits per heavy atom. The molecule has 1 heterocycles. The molecule has 0 bridgehead atoms. The van der Waals surface area contributed by atoms with E-state index in [2.05, 4.69) is 0 Å². The number of carbonyl (C=O) groups is 4. The lowest BCUT2D eigenvalue weighted by atomic mass is 10.1. The molecule has 0 aliphatic carbocycles. The van der Waals surface area contributed by atoms with E-state index < -0.39 is 63.0 Å². The van der Waals surface area contributed by atoms with Crippen LogP contribution in [0.3, 0.4) is 0 Å². The molecule has 0 aliphatic rings. The van der Waals surface area contributed by atoms with E-state index in [9.17, 15) is 29.3 Å². The number of benzene rings is 1. The molecule has 0 spiro atoms. The van der Waals surface area contributed by atoms with Crippen molar-refractivity contribution < 1.29 is 38.3 Å². The molecule has 3 amide bonds. The van der Waals surface area contributed by atoms with Gasteiger partial charge in [-0.1, -0.05) is 0 Å². The van der Waals surface area contributed by atoms with Crippen LogP contribution in [0.15, 0.2) is 18.2 Å². The zero-order valence-electron chi connectivity index (χ0n) is 22.3. The number of nitro groups is 1. The average molecular weight is 521 g/mol. The molecule has 2 N–H and O–H groups in total. The van der Waals surface area contributed by atoms with Crippen LogP contribution in [0, 0.1) is 10.1 Å². The van der Waals surface area contributed by atoms with Gasteiger partial charge in [-0.15, -0.1) is 0 Å². The normalized spacial score (nSPS) is 12.1. The van der Waals surface area contributed by atoms with Gasteiger partial charge in [-0.05, 0) is 68.4 Å². The number of nitrogens with two attached hydrogens (primary N) is 1. The third-order valence-corrected chi connectivity index (χ3v) is 4.32. The first-order valence-corrected chi connectivity index (χ1v) is 11.2. The van der Waals surface area contributed by atoms with Gasteiger partial charge in [0.25, 0.3) is 11.6 Å². The van der Waals surface area contributed by atoms with Crippen molar-refractivity contribution in [2.45, 2.75) is 79.1 Å². The lowest BCUT2D eigenvalue weighted by Crippen LogP contribution is -2.46. The second-order valence-electron chi connectivity index (χ2n) is 11.1. The molecule has 2 rings (SSSR count). The first kappa shape index (κ1) is 29.1. The second-order valence-corrected chi connectivity index (χ2v) is 11.1. The van der Waals surface area contributed by atoms with Crippen LogP contribution in [0.25, 0.3) is 10.9 Å². The number of non-ortho nitro benzene ring substituents is 1. The molecule has 0 aliphatic heterocycles. The number of nitrogens with zero attached hydrogens (tertiary/aromatic N) is 3. The summed E-state index contributed by atoms with van der Waals surface area (Å²) in [4.78, 5) is 63.9. The van der Waals surface area contributed by atoms with Gasteiger partial charge in [0.05, 0.1) is 16.0 Å². The molecule has 37 heavy (non-hydrogen) atoms. The number of amides is 3. The van der Waals surface area contributed by atoms with Crippen molar-refractivity contribution in [3.05, 3.63) is 33.9 Å². The number of ether oxygens (including phenoxy) is 3. The standard InChI is InChI=1S/C24H32N4O9/c1-22(2,3)35-19(30)26-15-12-13(28(33)34)10-11-14(15)16(17(25)29)18(26)27(20(31)36-23(4,5)6)21(32)37-24(7,8)9/h10-12H,1-9H3,(H2,25,29). The van der Waals surface area contributed by atoms with Crippen molar-refractivity contribution in [3.63, 3.8) is 0 Å². The molecule has 0 saturated carbocycles. The maximum absolute atomic E-state index is 13.4. The van der Waals surface area contributed by atoms with Crippen LogP contribution >= 0.6 is 0 Å². The zero-order chi connectivity index (χ0) is 28.7. The summed E-state index contributed by atoms with van der Waals surface area (Å²) in [6.45, 7) is 13.9. The molecular formula is C24H32N4O9. The minimum Gasteiger partial charge on any atom is -0.443 e. The first-order chi connectivity index (χ1) is 16.6. The Labute approximate surface area is 213 Å². The van der Waals surface area contributed by atoms with E-state index in [0.717, 1.165) is 12.1 Å². The Morgan fingerprint density at radius 2 is 1.32 bits per heavy atom. The number of hydrogen-bond donors (Lipinski definition) is 1. The zero-order valence-corrected chi connectivity index (χ0v) is 22.3. The fraction of sp³-hybridized carbons (Fsp3) is 0.500. The molecule has 0 fully saturated rings. The van der Waals surface area contributed by atoms with E-state index in [-0.39, 0.29) is 10.9 Å². The molecule has 2 aromatic rings. The number of hydrogen-bond acceptors (Lipinski definition) is 9. The summed E-state index contributed by atoms with van der Waals surface area (Å²) in [6.07, 6.45) is -3.71. The number of aromatic nitrogens is 1. The highest BCUT2D eigenvalue weighted by atomic mass is 16.6. The van der Waals surface area contributed by atoms with Crippen molar-refractivity contribution >= 4 is 46.6 Å². The molecule has 0 saturated heterocycles. The fourth-order valence-corrected chi connectivity index (χ4v) is 3.19. The van der Waals surface area contributed by atoms with Crippen LogP contribution in [0.4, 0.5) is 25.9 Å². The van der Waals surface area contributed by atoms with Crippen LogP contribution in [-0.2, 0) is 14.2 Å².